The average Bonchev–Trinajstić information content (AvgIpc) is 4.00. The first-order valence-electron chi connectivity index (χ1n) is 28.7. The van der Waals surface area contributed by atoms with E-state index in [1.54, 1.807) is 50.2 Å². The minimum absolute atomic E-state index is 0.00960. The number of piperidine rings is 1. The van der Waals surface area contributed by atoms with Gasteiger partial charge in [-0.25, -0.2) is 27.3 Å². The Morgan fingerprint density at radius 1 is 0.867 bits per heavy atom. The Labute approximate surface area is 493 Å². The second kappa shape index (κ2) is 31.8. The van der Waals surface area contributed by atoms with Crippen molar-refractivity contribution >= 4 is 68.6 Å². The molecule has 1 fully saturated rings. The molecule has 0 bridgehead atoms. The number of alkyl carbamates (subject to hydrolysis) is 1. The topological polar surface area (TPSA) is 252 Å². The highest BCUT2D eigenvalue weighted by Gasteiger charge is 2.40. The monoisotopic (exact) mass is 1190 g/mol. The number of carbonyl (C=O) groups excluding carboxylic acids is 7. The van der Waals surface area contributed by atoms with E-state index < -0.39 is 69.4 Å². The molecule has 83 heavy (non-hydrogen) atoms. The maximum atomic E-state index is 15.1. The van der Waals surface area contributed by atoms with Gasteiger partial charge >= 0.3 is 12.1 Å². The number of benzene rings is 3. The molecular weight excluding hydrogens is 1100 g/mol. The van der Waals surface area contributed by atoms with Crippen LogP contribution in [0.4, 0.5) is 14.9 Å². The fourth-order valence-electron chi connectivity index (χ4n) is 10.00. The van der Waals surface area contributed by atoms with Crippen molar-refractivity contribution in [1.29, 1.82) is 0 Å². The lowest BCUT2D eigenvalue weighted by atomic mass is 9.83. The Morgan fingerprint density at radius 2 is 1.53 bits per heavy atom. The first-order chi connectivity index (χ1) is 39.3. The smallest absolute Gasteiger partial charge is 0.407 e. The van der Waals surface area contributed by atoms with Gasteiger partial charge in [0.25, 0.3) is 15.9 Å². The minimum Gasteiger partial charge on any atom is -0.455 e. The summed E-state index contributed by atoms with van der Waals surface area (Å²) in [6.07, 6.45) is 5.37. The number of likely N-dealkylation sites (tertiary alicyclic amines) is 1. The molecule has 0 unspecified atom stereocenters. The van der Waals surface area contributed by atoms with E-state index in [9.17, 15) is 41.6 Å². The Kier molecular flexibility index (Phi) is 25.6. The number of nitrogens with zero attached hydrogens (tertiary/aromatic N) is 3. The predicted molar refractivity (Wildman–Crippen MR) is 317 cm³/mol. The van der Waals surface area contributed by atoms with Crippen molar-refractivity contribution in [1.82, 2.24) is 35.5 Å². The number of likely N-dealkylation sites (N-methyl/N-ethyl adjacent to an activating group) is 1. The van der Waals surface area contributed by atoms with E-state index in [1.807, 2.05) is 44.5 Å². The van der Waals surface area contributed by atoms with E-state index in [-0.39, 0.29) is 78.6 Å². The van der Waals surface area contributed by atoms with Crippen molar-refractivity contribution < 1.29 is 55.8 Å². The number of anilines is 1. The fourth-order valence-corrected chi connectivity index (χ4v) is 12.0. The molecule has 0 saturated carbocycles. The zero-order chi connectivity index (χ0) is 61.0. The standard InChI is InChI=1S/C61H85FN8O11S2/c1-11-13-14-16-32-70(58(75)54(40(5)12-2)67-56(74)51-18-15-17-31-69(51)10)52(39(3)4)34-53(81-42(7)72)57-66-50(38-82-57)55(73)65-48(33-43-19-25-46(62)26-20-43)35-61(8,9)59(76)68-83(78,79)49-29-23-44(24-30-49)36-63-60(77)80-37-45-21-27-47(28-22-45)64-41(6)71/h19-30,38-40,48,51-54H,11-18,31-37H2,1-10H3,(H,63,77)(H,64,71)(H,65,73)(H,67,74)(H,68,76)/t40-,48-,51+,52+,53+,54-/m0/s1. The highest BCUT2D eigenvalue weighted by molar-refractivity contribution is 7.90. The molecule has 19 nitrogen and oxygen atoms in total. The summed E-state index contributed by atoms with van der Waals surface area (Å²) < 4.78 is 54.8. The molecule has 5 rings (SSSR count). The van der Waals surface area contributed by atoms with Crippen LogP contribution in [0.3, 0.4) is 0 Å². The quantitative estimate of drug-likeness (QED) is 0.0241. The third kappa shape index (κ3) is 20.8. The van der Waals surface area contributed by atoms with E-state index in [0.29, 0.717) is 46.8 Å². The number of amides is 6. The normalized spacial score (nSPS) is 15.6. The number of ether oxygens (including phenoxy) is 2. The van der Waals surface area contributed by atoms with E-state index in [2.05, 4.69) is 32.9 Å². The number of thiazole rings is 1. The summed E-state index contributed by atoms with van der Waals surface area (Å²) in [6, 6.07) is 15.5. The van der Waals surface area contributed by atoms with Gasteiger partial charge in [-0.3, -0.25) is 33.7 Å². The molecule has 1 aromatic heterocycles. The predicted octanol–water partition coefficient (Wildman–Crippen LogP) is 9.37. The number of rotatable bonds is 30. The van der Waals surface area contributed by atoms with Gasteiger partial charge in [-0.05, 0) is 111 Å². The van der Waals surface area contributed by atoms with Crippen LogP contribution < -0.4 is 26.0 Å². The molecule has 1 aliphatic rings. The van der Waals surface area contributed by atoms with Gasteiger partial charge in [0.05, 0.1) is 10.9 Å². The first kappa shape index (κ1) is 67.0. The number of sulfonamides is 1. The second-order valence-corrected chi connectivity index (χ2v) is 25.2. The summed E-state index contributed by atoms with van der Waals surface area (Å²) in [7, 11) is -2.49. The summed E-state index contributed by atoms with van der Waals surface area (Å²) >= 11 is 1.11. The second-order valence-electron chi connectivity index (χ2n) is 22.6. The van der Waals surface area contributed by atoms with Gasteiger partial charge in [0.15, 0.2) is 6.10 Å². The average molecular weight is 1190 g/mol. The summed E-state index contributed by atoms with van der Waals surface area (Å²) in [6.45, 7) is 17.0. The number of halogens is 1. The lowest BCUT2D eigenvalue weighted by Crippen LogP contribution is -2.59. The van der Waals surface area contributed by atoms with Gasteiger partial charge in [0.2, 0.25) is 23.6 Å². The van der Waals surface area contributed by atoms with Gasteiger partial charge in [-0.2, -0.15) is 0 Å². The third-order valence-corrected chi connectivity index (χ3v) is 17.3. The zero-order valence-electron chi connectivity index (χ0n) is 49.7. The van der Waals surface area contributed by atoms with Gasteiger partial charge in [0.1, 0.15) is 29.2 Å². The largest absolute Gasteiger partial charge is 0.455 e. The van der Waals surface area contributed by atoms with E-state index in [0.717, 1.165) is 56.4 Å². The molecule has 454 valence electrons. The SMILES string of the molecule is CCCCCCN(C(=O)[C@@H](NC(=O)[C@H]1CCCCN1C)[C@@H](C)CC)[C@H](C[C@@H](OC(C)=O)c1nc(C(=O)N[C@@H](Cc2ccc(F)cc2)CC(C)(C)C(=O)NS(=O)(=O)c2ccc(CNC(=O)OCc3ccc(NC(C)=O)cc3)cc2)cs1)C(C)C. The molecule has 3 aromatic carbocycles. The van der Waals surface area contributed by atoms with Crippen molar-refractivity contribution in [2.75, 3.05) is 25.5 Å². The summed E-state index contributed by atoms with van der Waals surface area (Å²) in [4.78, 5) is 102. The van der Waals surface area contributed by atoms with Gasteiger partial charge < -0.3 is 35.6 Å². The highest BCUT2D eigenvalue weighted by Crippen LogP contribution is 2.33. The van der Waals surface area contributed by atoms with Crippen LogP contribution in [0.15, 0.2) is 83.1 Å². The van der Waals surface area contributed by atoms with Crippen LogP contribution in [0.25, 0.3) is 0 Å². The first-order valence-corrected chi connectivity index (χ1v) is 31.1. The zero-order valence-corrected chi connectivity index (χ0v) is 51.3. The molecule has 0 aliphatic carbocycles. The minimum atomic E-state index is -4.42. The summed E-state index contributed by atoms with van der Waals surface area (Å²) in [5.41, 5.74) is 1.02. The molecule has 4 aromatic rings. The lowest BCUT2D eigenvalue weighted by Gasteiger charge is -2.40. The number of hydrogen-bond acceptors (Lipinski definition) is 14. The van der Waals surface area contributed by atoms with E-state index >= 15 is 4.79 Å². The van der Waals surface area contributed by atoms with Crippen LogP contribution in [0.2, 0.25) is 0 Å². The molecule has 6 amide bonds. The highest BCUT2D eigenvalue weighted by atomic mass is 32.2. The van der Waals surface area contributed by atoms with Crippen LogP contribution in [-0.2, 0) is 63.0 Å². The fraction of sp³-hybridized carbons (Fsp3) is 0.541. The molecule has 5 N–H and O–H groups in total. The van der Waals surface area contributed by atoms with Crippen LogP contribution in [0.1, 0.15) is 165 Å². The number of hydrogen-bond donors (Lipinski definition) is 5. The summed E-state index contributed by atoms with van der Waals surface area (Å²) in [5.74, 6) is -3.46. The molecule has 1 aliphatic heterocycles. The van der Waals surface area contributed by atoms with Crippen LogP contribution in [-0.4, -0.2) is 109 Å². The lowest BCUT2D eigenvalue weighted by molar-refractivity contribution is -0.149. The number of aromatic nitrogens is 1. The van der Waals surface area contributed by atoms with Gasteiger partial charge in [-0.15, -0.1) is 11.3 Å². The van der Waals surface area contributed by atoms with Crippen molar-refractivity contribution in [3.63, 3.8) is 0 Å². The van der Waals surface area contributed by atoms with Crippen molar-refractivity contribution in [3.05, 3.63) is 111 Å². The molecule has 1 saturated heterocycles. The van der Waals surface area contributed by atoms with Crippen molar-refractivity contribution in [2.24, 2.45) is 17.3 Å². The molecule has 6 atom stereocenters. The van der Waals surface area contributed by atoms with Crippen LogP contribution in [0, 0.1) is 23.1 Å². The summed E-state index contributed by atoms with van der Waals surface area (Å²) in [5, 5.41) is 13.2. The molecule has 0 radical (unpaired) electrons. The Morgan fingerprint density at radius 3 is 2.14 bits per heavy atom. The molecular formula is C61H85FN8O11S2. The molecule has 2 heterocycles. The van der Waals surface area contributed by atoms with E-state index in [1.165, 1.54) is 55.6 Å². The third-order valence-electron chi connectivity index (χ3n) is 15.0. The number of esters is 1. The van der Waals surface area contributed by atoms with Gasteiger partial charge in [0, 0.05) is 61.9 Å². The number of nitrogens with one attached hydrogen (secondary N) is 5. The Balaban J connectivity index is 1.30. The number of unbranched alkanes of at least 4 members (excludes halogenated alkanes) is 3. The van der Waals surface area contributed by atoms with Crippen LogP contribution >= 0.6 is 11.3 Å². The van der Waals surface area contributed by atoms with Crippen LogP contribution in [0.5, 0.6) is 0 Å². The molecule has 22 heteroatoms. The Hall–Kier alpha value is -6.78. The van der Waals surface area contributed by atoms with E-state index in [4.69, 9.17) is 14.5 Å². The van der Waals surface area contributed by atoms with Crippen molar-refractivity contribution in [2.45, 2.75) is 181 Å². The Bertz CT molecular complexity index is 2920. The van der Waals surface area contributed by atoms with Crippen molar-refractivity contribution in [3.8, 4) is 0 Å². The molecule has 0 spiro atoms. The maximum absolute atomic E-state index is 15.1. The maximum Gasteiger partial charge on any atom is 0.407 e. The van der Waals surface area contributed by atoms with Gasteiger partial charge in [-0.1, -0.05) is 117 Å². The number of carbonyl (C=O) groups is 7.